The highest BCUT2D eigenvalue weighted by molar-refractivity contribution is 5.98. The van der Waals surface area contributed by atoms with Crippen LogP contribution in [0.1, 0.15) is 220 Å². The SMILES string of the molecule is CC(C)C#CC(C)(C)O.CC(C)C(N)=O.CC(C)c1cc[nH]c(=O)c1.CC(C)c1ccc(F)c(C(N)=O)c1.CC(C)c1ccc2[nH]ccc2c1.CC(C)c1ccc2c(c1)C(=O)NC2.CC(C)c1cn[nH]n1.COc1cc(C(C)C)ccn1. The monoisotopic (exact) mass is 1130 g/mol. The van der Waals surface area contributed by atoms with Gasteiger partial charge in [-0.1, -0.05) is 147 Å². The number of aliphatic hydroxyl groups is 1. The van der Waals surface area contributed by atoms with Crippen LogP contribution in [0.4, 0.5) is 4.39 Å². The number of nitrogens with two attached hydrogens (primary N) is 2. The Morgan fingerprint density at radius 3 is 1.65 bits per heavy atom. The summed E-state index contributed by atoms with van der Waals surface area (Å²) >= 11 is 0. The van der Waals surface area contributed by atoms with Crippen molar-refractivity contribution in [3.8, 4) is 17.7 Å². The number of nitrogens with zero attached hydrogens (tertiary/aromatic N) is 3. The first-order chi connectivity index (χ1) is 38.3. The Morgan fingerprint density at radius 1 is 0.671 bits per heavy atom. The summed E-state index contributed by atoms with van der Waals surface area (Å²) in [7, 11) is 1.63. The molecule has 1 aliphatic heterocycles. The van der Waals surface area contributed by atoms with Gasteiger partial charge < -0.3 is 36.6 Å². The number of hydrogen-bond donors (Lipinski definition) is 7. The molecule has 0 unspecified atom stereocenters. The average molecular weight is 1130 g/mol. The van der Waals surface area contributed by atoms with E-state index in [1.54, 1.807) is 65.5 Å². The number of H-pyrrole nitrogens is 3. The molecule has 3 aromatic carbocycles. The molecule has 0 radical (unpaired) electrons. The standard InChI is InChI=1S/C11H13NO.C11H13N.C10H12FNO.C9H13NO.C8H11NO.C8H14O.C5H9N3.C4H9NO/c1-7(2)8-3-4-9-6-12-11(13)10(9)5-8;1-8(2)9-3-4-11-10(7-9)5-6-12-11;1-6(2)7-3-4-9(11)8(5-7)10(12)13;1-7(2)8-4-5-10-9(6-8)11-3;1-6(2)7-3-4-9-8(10)5-7;1-7(2)5-6-8(3,4)9;1-4(2)5-3-6-8-7-5;1-3(2)4(5)6/h3-5,7H,6H2,1-2H3,(H,12,13);3-8,12H,1-2H3;3-6H,1-2H3,(H2,12,13);4-7H,1-3H3;3-6H,1-2H3,(H,9,10);7,9H,1-4H3;3-4H,1-2H3,(H,6,7,8);3H,1-2H3,(H2,5,6). The minimum atomic E-state index is -0.829. The number of carbonyl (C=O) groups is 3. The van der Waals surface area contributed by atoms with E-state index in [9.17, 15) is 23.6 Å². The molecule has 446 valence electrons. The summed E-state index contributed by atoms with van der Waals surface area (Å²) in [4.78, 5) is 52.5. The molecule has 15 nitrogen and oxygen atoms in total. The Bertz CT molecular complexity index is 3100. The largest absolute Gasteiger partial charge is 0.481 e. The number of ether oxygens (including phenoxy) is 1. The summed E-state index contributed by atoms with van der Waals surface area (Å²) in [5, 5.41) is 23.3. The van der Waals surface area contributed by atoms with Gasteiger partial charge in [0.15, 0.2) is 0 Å². The molecule has 4 aromatic heterocycles. The predicted molar refractivity (Wildman–Crippen MR) is 333 cm³/mol. The molecule has 0 saturated heterocycles. The zero-order valence-corrected chi connectivity index (χ0v) is 52.1. The molecule has 5 heterocycles. The van der Waals surface area contributed by atoms with Gasteiger partial charge >= 0.3 is 0 Å². The van der Waals surface area contributed by atoms with Crippen molar-refractivity contribution in [1.82, 2.24) is 35.7 Å². The van der Waals surface area contributed by atoms with Crippen LogP contribution in [0.15, 0.2) is 115 Å². The topological polar surface area (TPSA) is 248 Å². The second-order valence-electron chi connectivity index (χ2n) is 22.5. The fourth-order valence-corrected chi connectivity index (χ4v) is 6.64. The van der Waals surface area contributed by atoms with Crippen LogP contribution in [0, 0.1) is 29.5 Å². The van der Waals surface area contributed by atoms with Crippen molar-refractivity contribution in [2.24, 2.45) is 23.3 Å². The van der Waals surface area contributed by atoms with Crippen LogP contribution >= 0.6 is 0 Å². The number of methoxy groups -OCH3 is 1. The summed E-state index contributed by atoms with van der Waals surface area (Å²) in [6.07, 6.45) is 7.17. The van der Waals surface area contributed by atoms with Crippen molar-refractivity contribution in [1.29, 1.82) is 0 Å². The third-order valence-corrected chi connectivity index (χ3v) is 12.0. The maximum Gasteiger partial charge on any atom is 0.251 e. The first kappa shape index (κ1) is 72.1. The van der Waals surface area contributed by atoms with Gasteiger partial charge in [-0.2, -0.15) is 15.4 Å². The van der Waals surface area contributed by atoms with Crippen LogP contribution < -0.4 is 27.1 Å². The van der Waals surface area contributed by atoms with Crippen LogP contribution in [0.5, 0.6) is 5.88 Å². The number of aromatic nitrogens is 6. The predicted octanol–water partition coefficient (Wildman–Crippen LogP) is 13.6. The summed E-state index contributed by atoms with van der Waals surface area (Å²) < 4.78 is 18.0. The summed E-state index contributed by atoms with van der Waals surface area (Å²) in [6.45, 7) is 36.8. The van der Waals surface area contributed by atoms with E-state index < -0.39 is 17.3 Å². The van der Waals surface area contributed by atoms with Crippen molar-refractivity contribution in [2.45, 2.75) is 172 Å². The molecule has 16 heteroatoms. The lowest BCUT2D eigenvalue weighted by molar-refractivity contribution is -0.120. The lowest BCUT2D eigenvalue weighted by atomic mass is 9.98. The number of aromatic amines is 3. The molecule has 0 saturated carbocycles. The van der Waals surface area contributed by atoms with Crippen LogP contribution in [0.3, 0.4) is 0 Å². The molecular weight excluding hydrogens is 1030 g/mol. The Kier molecular flexibility index (Phi) is 32.1. The van der Waals surface area contributed by atoms with Gasteiger partial charge in [0.1, 0.15) is 11.4 Å². The van der Waals surface area contributed by atoms with E-state index in [4.69, 9.17) is 21.3 Å². The van der Waals surface area contributed by atoms with Crippen molar-refractivity contribution in [3.05, 3.63) is 176 Å². The van der Waals surface area contributed by atoms with Crippen LogP contribution in [-0.4, -0.2) is 65.9 Å². The van der Waals surface area contributed by atoms with Crippen molar-refractivity contribution in [2.75, 3.05) is 7.11 Å². The van der Waals surface area contributed by atoms with E-state index in [2.05, 4.69) is 147 Å². The first-order valence-corrected chi connectivity index (χ1v) is 27.9. The second kappa shape index (κ2) is 36.5. The van der Waals surface area contributed by atoms with E-state index >= 15 is 0 Å². The molecule has 0 spiro atoms. The Hall–Kier alpha value is -7.90. The molecule has 8 rings (SSSR count). The van der Waals surface area contributed by atoms with Crippen molar-refractivity contribution >= 4 is 28.6 Å². The van der Waals surface area contributed by atoms with Gasteiger partial charge in [-0.25, -0.2) is 9.37 Å². The maximum absolute atomic E-state index is 13.0. The highest BCUT2D eigenvalue weighted by Crippen LogP contribution is 2.23. The van der Waals surface area contributed by atoms with Gasteiger partial charge in [-0.15, -0.1) is 0 Å². The summed E-state index contributed by atoms with van der Waals surface area (Å²) in [5.74, 6) is 7.99. The lowest BCUT2D eigenvalue weighted by Crippen LogP contribution is -2.17. The molecule has 0 aliphatic carbocycles. The minimum absolute atomic E-state index is 0.00926. The number of amides is 3. The molecule has 82 heavy (non-hydrogen) atoms. The number of pyridine rings is 2. The van der Waals surface area contributed by atoms with Crippen molar-refractivity contribution in [3.63, 3.8) is 0 Å². The molecule has 0 bridgehead atoms. The second-order valence-corrected chi connectivity index (χ2v) is 22.5. The van der Waals surface area contributed by atoms with Crippen LogP contribution in [0.25, 0.3) is 10.9 Å². The van der Waals surface area contributed by atoms with Gasteiger partial charge in [0.25, 0.3) is 11.8 Å². The average Bonchev–Trinajstić information content (AvgIpc) is 4.22. The molecule has 1 aliphatic rings. The molecule has 0 fully saturated rings. The number of halogens is 1. The zero-order chi connectivity index (χ0) is 62.4. The molecule has 0 atom stereocenters. The van der Waals surface area contributed by atoms with Crippen LogP contribution in [-0.2, 0) is 11.3 Å². The summed E-state index contributed by atoms with van der Waals surface area (Å²) in [6, 6.07) is 26.8. The fourth-order valence-electron chi connectivity index (χ4n) is 6.64. The van der Waals surface area contributed by atoms with Gasteiger partial charge in [0, 0.05) is 60.2 Å². The highest BCUT2D eigenvalue weighted by atomic mass is 19.1. The summed E-state index contributed by atoms with van der Waals surface area (Å²) in [5.41, 5.74) is 19.0. The molecule has 7 aromatic rings. The smallest absolute Gasteiger partial charge is 0.251 e. The van der Waals surface area contributed by atoms with E-state index in [-0.39, 0.29) is 34.8 Å². The van der Waals surface area contributed by atoms with Gasteiger partial charge in [-0.05, 0) is 137 Å². The normalized spacial score (nSPS) is 11.1. The van der Waals surface area contributed by atoms with E-state index in [1.807, 2.05) is 64.2 Å². The van der Waals surface area contributed by atoms with E-state index in [0.717, 1.165) is 27.9 Å². The number of fused-ring (bicyclic) bond motifs is 2. The first-order valence-electron chi connectivity index (χ1n) is 27.9. The number of primary amides is 2. The minimum Gasteiger partial charge on any atom is -0.481 e. The van der Waals surface area contributed by atoms with Gasteiger partial charge in [0.2, 0.25) is 17.3 Å². The molecule has 9 N–H and O–H groups in total. The van der Waals surface area contributed by atoms with E-state index in [0.29, 0.717) is 47.9 Å². The molecular formula is C66H94FN9O6. The highest BCUT2D eigenvalue weighted by Gasteiger charge is 2.19. The van der Waals surface area contributed by atoms with Gasteiger partial charge in [-0.3, -0.25) is 19.2 Å². The number of carbonyl (C=O) groups excluding carboxylic acids is 3. The van der Waals surface area contributed by atoms with Crippen molar-refractivity contribution < 1.29 is 28.6 Å². The Balaban J connectivity index is 0.000000473. The number of rotatable bonds is 9. The fraction of sp³-hybridized carbons (Fsp3) is 0.439. The number of benzene rings is 3. The zero-order valence-electron chi connectivity index (χ0n) is 52.1. The molecule has 3 amide bonds. The Morgan fingerprint density at radius 2 is 1.20 bits per heavy atom. The number of nitrogens with one attached hydrogen (secondary N) is 4. The lowest BCUT2D eigenvalue weighted by Gasteiger charge is -2.06. The maximum atomic E-state index is 13.0. The van der Waals surface area contributed by atoms with Crippen LogP contribution in [0.2, 0.25) is 0 Å². The third kappa shape index (κ3) is 28.5. The third-order valence-electron chi connectivity index (χ3n) is 12.0. The quantitative estimate of drug-likeness (QED) is 0.0678. The Labute approximate surface area is 487 Å². The van der Waals surface area contributed by atoms with Gasteiger partial charge in [0.05, 0.1) is 24.6 Å². The van der Waals surface area contributed by atoms with E-state index in [1.165, 1.54) is 39.7 Å². The number of hydrogen-bond acceptors (Lipinski definition) is 9.